The van der Waals surface area contributed by atoms with E-state index in [2.05, 4.69) is 0 Å². The van der Waals surface area contributed by atoms with E-state index in [9.17, 15) is 9.59 Å². The van der Waals surface area contributed by atoms with Crippen LogP contribution in [-0.2, 0) is 16.0 Å². The number of nitriles is 1. The van der Waals surface area contributed by atoms with Crippen LogP contribution in [0.3, 0.4) is 0 Å². The van der Waals surface area contributed by atoms with Gasteiger partial charge in [0.15, 0.2) is 0 Å². The van der Waals surface area contributed by atoms with Crippen molar-refractivity contribution in [2.45, 2.75) is 13.3 Å². The van der Waals surface area contributed by atoms with Crippen molar-refractivity contribution in [2.24, 2.45) is 0 Å². The molecule has 0 saturated heterocycles. The van der Waals surface area contributed by atoms with Crippen LogP contribution in [0.2, 0.25) is 0 Å². The number of likely N-dealkylation sites (N-methyl/N-ethyl adjacent to an activating group) is 2. The normalized spacial score (nSPS) is 9.70. The molecule has 0 radical (unpaired) electrons. The minimum atomic E-state index is -0.0972. The van der Waals surface area contributed by atoms with Gasteiger partial charge in [-0.15, -0.1) is 0 Å². The van der Waals surface area contributed by atoms with Crippen molar-refractivity contribution >= 4 is 11.8 Å². The molecule has 0 bridgehead atoms. The molecule has 0 saturated carbocycles. The van der Waals surface area contributed by atoms with Crippen molar-refractivity contribution in [3.63, 3.8) is 0 Å². The highest BCUT2D eigenvalue weighted by molar-refractivity contribution is 5.85. The molecule has 0 aromatic heterocycles. The summed E-state index contributed by atoms with van der Waals surface area (Å²) in [4.78, 5) is 26.8. The summed E-state index contributed by atoms with van der Waals surface area (Å²) in [5, 5.41) is 8.72. The van der Waals surface area contributed by atoms with Gasteiger partial charge in [-0.05, 0) is 24.6 Å². The zero-order valence-electron chi connectivity index (χ0n) is 12.1. The number of nitrogens with zero attached hydrogens (tertiary/aromatic N) is 3. The lowest BCUT2D eigenvalue weighted by Gasteiger charge is -2.22. The molecule has 0 unspecified atom stereocenters. The Labute approximate surface area is 119 Å². The molecule has 1 aromatic rings. The van der Waals surface area contributed by atoms with Gasteiger partial charge in [-0.2, -0.15) is 5.26 Å². The minimum absolute atomic E-state index is 0.0904. The highest BCUT2D eigenvalue weighted by Gasteiger charge is 2.16. The SMILES string of the molecule is CCN(CC(=O)N(C)C)C(=O)Cc1ccc(C#N)cc1. The van der Waals surface area contributed by atoms with E-state index in [-0.39, 0.29) is 24.8 Å². The molecule has 0 aliphatic carbocycles. The molecule has 0 aliphatic heterocycles. The molecule has 5 heteroatoms. The maximum atomic E-state index is 12.1. The van der Waals surface area contributed by atoms with Gasteiger partial charge in [0.2, 0.25) is 11.8 Å². The van der Waals surface area contributed by atoms with Gasteiger partial charge in [0.05, 0.1) is 24.6 Å². The second kappa shape index (κ2) is 7.29. The van der Waals surface area contributed by atoms with Crippen molar-refractivity contribution in [1.29, 1.82) is 5.26 Å². The third-order valence-electron chi connectivity index (χ3n) is 3.00. The number of carbonyl (C=O) groups is 2. The van der Waals surface area contributed by atoms with Crippen molar-refractivity contribution in [3.05, 3.63) is 35.4 Å². The Morgan fingerprint density at radius 3 is 2.20 bits per heavy atom. The highest BCUT2D eigenvalue weighted by Crippen LogP contribution is 2.06. The molecular weight excluding hydrogens is 254 g/mol. The number of amides is 2. The number of rotatable bonds is 5. The van der Waals surface area contributed by atoms with Crippen LogP contribution in [0.25, 0.3) is 0 Å². The van der Waals surface area contributed by atoms with Crippen LogP contribution in [0.4, 0.5) is 0 Å². The molecule has 20 heavy (non-hydrogen) atoms. The number of benzene rings is 1. The van der Waals surface area contributed by atoms with E-state index in [4.69, 9.17) is 5.26 Å². The Hall–Kier alpha value is -2.35. The summed E-state index contributed by atoms with van der Waals surface area (Å²) in [6, 6.07) is 8.93. The Bertz CT molecular complexity index is 515. The van der Waals surface area contributed by atoms with E-state index in [1.54, 1.807) is 38.4 Å². The van der Waals surface area contributed by atoms with Gasteiger partial charge in [-0.25, -0.2) is 0 Å². The predicted molar refractivity (Wildman–Crippen MR) is 75.8 cm³/mol. The van der Waals surface area contributed by atoms with Crippen LogP contribution in [0.15, 0.2) is 24.3 Å². The van der Waals surface area contributed by atoms with Gasteiger partial charge >= 0.3 is 0 Å². The first kappa shape index (κ1) is 15.7. The fourth-order valence-electron chi connectivity index (χ4n) is 1.66. The topological polar surface area (TPSA) is 64.4 Å². The summed E-state index contributed by atoms with van der Waals surface area (Å²) in [5.74, 6) is -0.188. The monoisotopic (exact) mass is 273 g/mol. The van der Waals surface area contributed by atoms with Crippen molar-refractivity contribution in [2.75, 3.05) is 27.2 Å². The molecule has 5 nitrogen and oxygen atoms in total. The average Bonchev–Trinajstić information content (AvgIpc) is 2.44. The molecular formula is C15H19N3O2. The molecule has 0 spiro atoms. The second-order valence-corrected chi connectivity index (χ2v) is 4.68. The van der Waals surface area contributed by atoms with E-state index in [1.165, 1.54) is 9.80 Å². The maximum absolute atomic E-state index is 12.1. The fourth-order valence-corrected chi connectivity index (χ4v) is 1.66. The van der Waals surface area contributed by atoms with Crippen molar-refractivity contribution < 1.29 is 9.59 Å². The van der Waals surface area contributed by atoms with Crippen LogP contribution in [0, 0.1) is 11.3 Å². The number of hydrogen-bond acceptors (Lipinski definition) is 3. The number of carbonyl (C=O) groups excluding carboxylic acids is 2. The van der Waals surface area contributed by atoms with E-state index in [0.717, 1.165) is 5.56 Å². The Balaban J connectivity index is 2.67. The molecule has 2 amide bonds. The zero-order chi connectivity index (χ0) is 15.1. The highest BCUT2D eigenvalue weighted by atomic mass is 16.2. The first-order chi connectivity index (χ1) is 9.47. The standard InChI is InChI=1S/C15H19N3O2/c1-4-18(11-15(20)17(2)3)14(19)9-12-5-7-13(10-16)8-6-12/h5-8H,4,9,11H2,1-3H3. The van der Waals surface area contributed by atoms with Gasteiger partial charge < -0.3 is 9.80 Å². The Morgan fingerprint density at radius 2 is 1.75 bits per heavy atom. The van der Waals surface area contributed by atoms with Gasteiger partial charge in [0, 0.05) is 20.6 Å². The Morgan fingerprint density at radius 1 is 1.15 bits per heavy atom. The van der Waals surface area contributed by atoms with E-state index in [0.29, 0.717) is 12.1 Å². The average molecular weight is 273 g/mol. The maximum Gasteiger partial charge on any atom is 0.241 e. The lowest BCUT2D eigenvalue weighted by atomic mass is 10.1. The van der Waals surface area contributed by atoms with Crippen molar-refractivity contribution in [1.82, 2.24) is 9.80 Å². The third-order valence-corrected chi connectivity index (χ3v) is 3.00. The van der Waals surface area contributed by atoms with Crippen LogP contribution in [0.5, 0.6) is 0 Å². The summed E-state index contributed by atoms with van der Waals surface area (Å²) in [5.41, 5.74) is 1.40. The van der Waals surface area contributed by atoms with Gasteiger partial charge in [-0.3, -0.25) is 9.59 Å². The third kappa shape index (κ3) is 4.39. The fraction of sp³-hybridized carbons (Fsp3) is 0.400. The van der Waals surface area contributed by atoms with Gasteiger partial charge in [0.25, 0.3) is 0 Å². The second-order valence-electron chi connectivity index (χ2n) is 4.68. The molecule has 0 N–H and O–H groups in total. The summed E-state index contributed by atoms with van der Waals surface area (Å²) in [7, 11) is 3.34. The van der Waals surface area contributed by atoms with Crippen molar-refractivity contribution in [3.8, 4) is 6.07 Å². The first-order valence-corrected chi connectivity index (χ1v) is 6.45. The number of hydrogen-bond donors (Lipinski definition) is 0. The first-order valence-electron chi connectivity index (χ1n) is 6.45. The van der Waals surface area contributed by atoms with E-state index >= 15 is 0 Å². The summed E-state index contributed by atoms with van der Waals surface area (Å²) in [6.45, 7) is 2.44. The van der Waals surface area contributed by atoms with Crippen LogP contribution in [0.1, 0.15) is 18.1 Å². The predicted octanol–water partition coefficient (Wildman–Crippen LogP) is 1.04. The molecule has 106 valence electrons. The summed E-state index contributed by atoms with van der Waals surface area (Å²) < 4.78 is 0. The zero-order valence-corrected chi connectivity index (χ0v) is 12.1. The Kier molecular flexibility index (Phi) is 5.73. The van der Waals surface area contributed by atoms with E-state index in [1.807, 2.05) is 13.0 Å². The molecule has 0 fully saturated rings. The molecule has 0 atom stereocenters. The lowest BCUT2D eigenvalue weighted by molar-refractivity contribution is -0.138. The molecule has 0 aliphatic rings. The molecule has 1 rings (SSSR count). The molecule has 0 heterocycles. The van der Waals surface area contributed by atoms with Crippen LogP contribution >= 0.6 is 0 Å². The van der Waals surface area contributed by atoms with Crippen LogP contribution in [-0.4, -0.2) is 48.8 Å². The molecule has 1 aromatic carbocycles. The van der Waals surface area contributed by atoms with E-state index < -0.39 is 0 Å². The summed E-state index contributed by atoms with van der Waals surface area (Å²) in [6.07, 6.45) is 0.236. The quantitative estimate of drug-likeness (QED) is 0.805. The minimum Gasteiger partial charge on any atom is -0.347 e. The largest absolute Gasteiger partial charge is 0.347 e. The van der Waals surface area contributed by atoms with Crippen LogP contribution < -0.4 is 0 Å². The summed E-state index contributed by atoms with van der Waals surface area (Å²) >= 11 is 0. The smallest absolute Gasteiger partial charge is 0.241 e. The lowest BCUT2D eigenvalue weighted by Crippen LogP contribution is -2.40. The van der Waals surface area contributed by atoms with Gasteiger partial charge in [-0.1, -0.05) is 12.1 Å². The van der Waals surface area contributed by atoms with Gasteiger partial charge in [0.1, 0.15) is 0 Å².